The van der Waals surface area contributed by atoms with Crippen LogP contribution in [-0.4, -0.2) is 64.9 Å². The van der Waals surface area contributed by atoms with E-state index in [-0.39, 0.29) is 29.8 Å². The smallest absolute Gasteiger partial charge is 0.337 e. The largest absolute Gasteiger partial charge is 0.458 e. The lowest BCUT2D eigenvalue weighted by Gasteiger charge is -2.33. The van der Waals surface area contributed by atoms with Crippen LogP contribution in [0.3, 0.4) is 0 Å². The maximum absolute atomic E-state index is 12.9. The number of hydrogen-bond acceptors (Lipinski definition) is 9. The number of ketones is 1. The van der Waals surface area contributed by atoms with E-state index in [1.807, 2.05) is 0 Å². The van der Waals surface area contributed by atoms with Crippen LogP contribution in [-0.2, 0) is 38.1 Å². The lowest BCUT2D eigenvalue weighted by molar-refractivity contribution is -0.169. The zero-order chi connectivity index (χ0) is 20.9. The number of fused-ring (bicyclic) bond motifs is 3. The van der Waals surface area contributed by atoms with Crippen molar-refractivity contribution >= 4 is 23.7 Å². The molecule has 0 amide bonds. The van der Waals surface area contributed by atoms with Crippen molar-refractivity contribution in [2.75, 3.05) is 6.61 Å². The van der Waals surface area contributed by atoms with Crippen LogP contribution in [0.25, 0.3) is 0 Å². The molecule has 154 valence electrons. The summed E-state index contributed by atoms with van der Waals surface area (Å²) < 4.78 is 21.9. The molecule has 3 aliphatic rings. The molecule has 2 fully saturated rings. The van der Waals surface area contributed by atoms with Crippen LogP contribution in [0.4, 0.5) is 0 Å². The molecule has 1 saturated heterocycles. The number of esters is 3. The van der Waals surface area contributed by atoms with Crippen LogP contribution in [0, 0.1) is 0 Å². The van der Waals surface area contributed by atoms with Gasteiger partial charge in [0.25, 0.3) is 0 Å². The summed E-state index contributed by atoms with van der Waals surface area (Å²) >= 11 is 0. The van der Waals surface area contributed by atoms with Gasteiger partial charge in [0.1, 0.15) is 12.2 Å². The highest BCUT2D eigenvalue weighted by Gasteiger charge is 2.63. The van der Waals surface area contributed by atoms with Gasteiger partial charge in [-0.1, -0.05) is 0 Å². The van der Waals surface area contributed by atoms with Crippen molar-refractivity contribution in [1.82, 2.24) is 0 Å². The van der Waals surface area contributed by atoms with Crippen molar-refractivity contribution in [1.29, 1.82) is 0 Å². The van der Waals surface area contributed by atoms with Crippen molar-refractivity contribution in [3.8, 4) is 0 Å². The minimum Gasteiger partial charge on any atom is -0.458 e. The Morgan fingerprint density at radius 2 is 1.89 bits per heavy atom. The van der Waals surface area contributed by atoms with Crippen molar-refractivity contribution in [3.63, 3.8) is 0 Å². The Morgan fingerprint density at radius 3 is 2.46 bits per heavy atom. The van der Waals surface area contributed by atoms with Crippen molar-refractivity contribution in [2.45, 2.75) is 76.5 Å². The fraction of sp³-hybridized carbons (Fsp3) is 0.684. The second-order valence-corrected chi connectivity index (χ2v) is 7.82. The van der Waals surface area contributed by atoms with Gasteiger partial charge in [-0.2, -0.15) is 0 Å². The lowest BCUT2D eigenvalue weighted by Crippen LogP contribution is -2.46. The Labute approximate surface area is 161 Å². The number of aliphatic hydroxyl groups excluding tert-OH is 1. The topological polar surface area (TPSA) is 129 Å². The summed E-state index contributed by atoms with van der Waals surface area (Å²) in [5.74, 6) is -2.38. The average Bonchev–Trinajstić information content (AvgIpc) is 3.12. The highest BCUT2D eigenvalue weighted by Crippen LogP contribution is 2.49. The molecule has 5 atom stereocenters. The van der Waals surface area contributed by atoms with Gasteiger partial charge in [-0.15, -0.1) is 0 Å². The van der Waals surface area contributed by atoms with Crippen LogP contribution in [0.2, 0.25) is 0 Å². The molecule has 0 unspecified atom stereocenters. The zero-order valence-corrected chi connectivity index (χ0v) is 16.3. The van der Waals surface area contributed by atoms with Crippen LogP contribution in [0.5, 0.6) is 0 Å². The molecule has 1 saturated carbocycles. The van der Waals surface area contributed by atoms with E-state index in [0.717, 1.165) is 0 Å². The van der Waals surface area contributed by atoms with E-state index in [1.165, 1.54) is 20.8 Å². The number of ether oxygens (including phenoxy) is 4. The molecule has 0 aromatic heterocycles. The van der Waals surface area contributed by atoms with Crippen molar-refractivity contribution in [3.05, 3.63) is 11.1 Å². The van der Waals surface area contributed by atoms with Crippen molar-refractivity contribution < 1.29 is 43.2 Å². The molecule has 28 heavy (non-hydrogen) atoms. The first-order chi connectivity index (χ1) is 13.0. The highest BCUT2D eigenvalue weighted by molar-refractivity contribution is 5.94. The van der Waals surface area contributed by atoms with Crippen LogP contribution < -0.4 is 0 Å². The standard InChI is InChI=1S/C19H24O9/c1-9(21)25-12-7-19(4,27-10(2)22)13(23)5-6-18(3)16(28-18)15-14(12)11(8-20)17(24)26-15/h12,15-16,20H,5-8H2,1-4H3/t12-,15-,16+,18+,19+/m0/s1. The summed E-state index contributed by atoms with van der Waals surface area (Å²) in [5, 5.41) is 9.71. The minimum atomic E-state index is -1.58. The summed E-state index contributed by atoms with van der Waals surface area (Å²) in [6.07, 6.45) is -2.23. The molecule has 9 nitrogen and oxygen atoms in total. The van der Waals surface area contributed by atoms with E-state index < -0.39 is 54.0 Å². The summed E-state index contributed by atoms with van der Waals surface area (Å²) in [6, 6.07) is 0. The lowest BCUT2D eigenvalue weighted by atomic mass is 9.80. The summed E-state index contributed by atoms with van der Waals surface area (Å²) in [6.45, 7) is 4.99. The van der Waals surface area contributed by atoms with Crippen LogP contribution in [0.1, 0.15) is 47.0 Å². The van der Waals surface area contributed by atoms with Gasteiger partial charge in [0.2, 0.25) is 0 Å². The molecule has 2 heterocycles. The number of aliphatic hydroxyl groups is 1. The third-order valence-corrected chi connectivity index (χ3v) is 5.55. The Bertz CT molecular complexity index is 769. The molecule has 0 spiro atoms. The minimum absolute atomic E-state index is 0.0349. The molecule has 0 bridgehead atoms. The van der Waals surface area contributed by atoms with Gasteiger partial charge in [0.05, 0.1) is 17.8 Å². The van der Waals surface area contributed by atoms with E-state index in [9.17, 15) is 24.3 Å². The quantitative estimate of drug-likeness (QED) is 0.408. The van der Waals surface area contributed by atoms with E-state index >= 15 is 0 Å². The maximum atomic E-state index is 12.9. The molecule has 9 heteroatoms. The zero-order valence-electron chi connectivity index (χ0n) is 16.3. The first-order valence-corrected chi connectivity index (χ1v) is 9.13. The first kappa shape index (κ1) is 20.5. The second-order valence-electron chi connectivity index (χ2n) is 7.82. The highest BCUT2D eigenvalue weighted by atomic mass is 16.6. The predicted octanol–water partition coefficient (Wildman–Crippen LogP) is 0.365. The molecular weight excluding hydrogens is 372 g/mol. The molecule has 0 aromatic rings. The average molecular weight is 396 g/mol. The molecule has 1 N–H and O–H groups in total. The Kier molecular flexibility index (Phi) is 5.09. The molecule has 2 aliphatic heterocycles. The van der Waals surface area contributed by atoms with Crippen molar-refractivity contribution in [2.24, 2.45) is 0 Å². The normalized spacial score (nSPS) is 37.5. The number of Topliss-reactive ketones (excluding diaryl/α,β-unsaturated/α-hetero) is 1. The van der Waals surface area contributed by atoms with Gasteiger partial charge in [0.15, 0.2) is 17.5 Å². The molecule has 0 radical (unpaired) electrons. The van der Waals surface area contributed by atoms with E-state index in [0.29, 0.717) is 6.42 Å². The van der Waals surface area contributed by atoms with Gasteiger partial charge < -0.3 is 24.1 Å². The molecule has 1 aliphatic carbocycles. The van der Waals surface area contributed by atoms with Gasteiger partial charge in [0, 0.05) is 32.3 Å². The summed E-state index contributed by atoms with van der Waals surface area (Å²) in [4.78, 5) is 48.6. The molecule has 3 rings (SSSR count). The third-order valence-electron chi connectivity index (χ3n) is 5.55. The third kappa shape index (κ3) is 3.56. The predicted molar refractivity (Wildman–Crippen MR) is 91.9 cm³/mol. The Hall–Kier alpha value is -2.26. The maximum Gasteiger partial charge on any atom is 0.337 e. The van der Waals surface area contributed by atoms with E-state index in [4.69, 9.17) is 18.9 Å². The summed E-state index contributed by atoms with van der Waals surface area (Å²) in [7, 11) is 0. The number of carbonyl (C=O) groups is 4. The van der Waals surface area contributed by atoms with Gasteiger partial charge >= 0.3 is 17.9 Å². The first-order valence-electron chi connectivity index (χ1n) is 9.13. The number of carbonyl (C=O) groups excluding carboxylic acids is 4. The number of rotatable bonds is 3. The molecular formula is C19H24O9. The SMILES string of the molecule is CC(=O)O[C@H]1C[C@@](C)(OC(C)=O)C(=O)CC[C@@]2(C)O[C@@H]2[C@H]2OC(=O)C(CO)=C12. The van der Waals surface area contributed by atoms with Gasteiger partial charge in [-0.25, -0.2) is 4.79 Å². The fourth-order valence-electron chi connectivity index (χ4n) is 4.06. The number of epoxide rings is 1. The van der Waals surface area contributed by atoms with E-state index in [2.05, 4.69) is 0 Å². The van der Waals surface area contributed by atoms with Gasteiger partial charge in [-0.3, -0.25) is 14.4 Å². The van der Waals surface area contributed by atoms with Crippen LogP contribution >= 0.6 is 0 Å². The monoisotopic (exact) mass is 396 g/mol. The van der Waals surface area contributed by atoms with Crippen LogP contribution in [0.15, 0.2) is 11.1 Å². The second kappa shape index (κ2) is 6.97. The van der Waals surface area contributed by atoms with Gasteiger partial charge in [-0.05, 0) is 20.3 Å². The molecule has 0 aromatic carbocycles. The number of hydrogen-bond donors (Lipinski definition) is 1. The Balaban J connectivity index is 2.11. The Morgan fingerprint density at radius 1 is 1.21 bits per heavy atom. The fourth-order valence-corrected chi connectivity index (χ4v) is 4.06. The summed E-state index contributed by atoms with van der Waals surface area (Å²) in [5.41, 5.74) is -2.07. The van der Waals surface area contributed by atoms with E-state index in [1.54, 1.807) is 6.92 Å².